The fraction of sp³-hybridized carbons (Fsp3) is 0. The van der Waals surface area contributed by atoms with E-state index < -0.39 is 5.82 Å². The molecule has 3 rings (SSSR count). The standard InChI is InChI=1S/C14H9Cl2FN4/c15-9-2-1-7(5-10(9)16)12-13(20-21-14(12)18)8-3-4-19-6-11(8)17/h1-6H,(H3,18,20,21). The number of nitrogens with zero attached hydrogens (tertiary/aromatic N) is 2. The molecular weight excluding hydrogens is 314 g/mol. The molecule has 3 aromatic rings. The fourth-order valence-corrected chi connectivity index (χ4v) is 2.37. The molecule has 2 heterocycles. The molecule has 0 aliphatic carbocycles. The predicted octanol–water partition coefficient (Wildman–Crippen LogP) is 4.17. The van der Waals surface area contributed by atoms with E-state index >= 15 is 0 Å². The molecule has 0 amide bonds. The van der Waals surface area contributed by atoms with Crippen molar-refractivity contribution in [3.8, 4) is 22.4 Å². The smallest absolute Gasteiger partial charge is 0.153 e. The van der Waals surface area contributed by atoms with E-state index in [2.05, 4.69) is 15.2 Å². The third kappa shape index (κ3) is 2.46. The normalized spacial score (nSPS) is 10.8. The molecule has 0 aliphatic rings. The van der Waals surface area contributed by atoms with Crippen LogP contribution in [0, 0.1) is 5.82 Å². The number of nitrogen functional groups attached to an aromatic ring is 1. The van der Waals surface area contributed by atoms with Crippen LogP contribution in [0.3, 0.4) is 0 Å². The van der Waals surface area contributed by atoms with Crippen molar-refractivity contribution in [2.45, 2.75) is 0 Å². The van der Waals surface area contributed by atoms with Crippen LogP contribution in [0.1, 0.15) is 0 Å². The quantitative estimate of drug-likeness (QED) is 0.744. The summed E-state index contributed by atoms with van der Waals surface area (Å²) >= 11 is 11.9. The highest BCUT2D eigenvalue weighted by atomic mass is 35.5. The summed E-state index contributed by atoms with van der Waals surface area (Å²) in [5.74, 6) is -0.220. The minimum absolute atomic E-state index is 0.250. The van der Waals surface area contributed by atoms with Crippen LogP contribution in [-0.4, -0.2) is 15.2 Å². The zero-order valence-corrected chi connectivity index (χ0v) is 12.1. The Morgan fingerprint density at radius 2 is 1.95 bits per heavy atom. The lowest BCUT2D eigenvalue weighted by Gasteiger charge is -2.06. The lowest BCUT2D eigenvalue weighted by molar-refractivity contribution is 0.624. The van der Waals surface area contributed by atoms with E-state index in [1.54, 1.807) is 24.3 Å². The van der Waals surface area contributed by atoms with Gasteiger partial charge in [-0.2, -0.15) is 5.10 Å². The number of nitrogens with one attached hydrogen (secondary N) is 1. The second-order valence-corrected chi connectivity index (χ2v) is 5.16. The molecule has 4 nitrogen and oxygen atoms in total. The van der Waals surface area contributed by atoms with Gasteiger partial charge in [0.15, 0.2) is 11.6 Å². The first-order valence-corrected chi connectivity index (χ1v) is 6.72. The molecule has 21 heavy (non-hydrogen) atoms. The molecule has 0 spiro atoms. The van der Waals surface area contributed by atoms with Crippen molar-refractivity contribution in [3.63, 3.8) is 0 Å². The first-order chi connectivity index (χ1) is 10.1. The number of halogens is 3. The van der Waals surface area contributed by atoms with Crippen molar-refractivity contribution in [2.75, 3.05) is 5.73 Å². The Balaban J connectivity index is 2.22. The fourth-order valence-electron chi connectivity index (χ4n) is 2.07. The summed E-state index contributed by atoms with van der Waals surface area (Å²) in [4.78, 5) is 3.73. The summed E-state index contributed by atoms with van der Waals surface area (Å²) in [6.07, 6.45) is 2.62. The molecule has 7 heteroatoms. The Labute approximate surface area is 129 Å². The monoisotopic (exact) mass is 322 g/mol. The van der Waals surface area contributed by atoms with Crippen molar-refractivity contribution in [3.05, 3.63) is 52.5 Å². The van der Waals surface area contributed by atoms with Gasteiger partial charge in [0, 0.05) is 11.8 Å². The Morgan fingerprint density at radius 3 is 2.67 bits per heavy atom. The van der Waals surface area contributed by atoms with Crippen LogP contribution in [0.2, 0.25) is 10.0 Å². The number of aromatic amines is 1. The van der Waals surface area contributed by atoms with Crippen molar-refractivity contribution in [2.24, 2.45) is 0 Å². The SMILES string of the molecule is Nc1n[nH]c(-c2ccncc2F)c1-c1ccc(Cl)c(Cl)c1. The van der Waals surface area contributed by atoms with Gasteiger partial charge in [-0.05, 0) is 23.8 Å². The molecule has 0 fully saturated rings. The van der Waals surface area contributed by atoms with E-state index in [-0.39, 0.29) is 5.82 Å². The minimum Gasteiger partial charge on any atom is -0.382 e. The molecule has 106 valence electrons. The van der Waals surface area contributed by atoms with Gasteiger partial charge in [0.2, 0.25) is 0 Å². The van der Waals surface area contributed by atoms with E-state index in [9.17, 15) is 4.39 Å². The van der Waals surface area contributed by atoms with Gasteiger partial charge in [0.05, 0.1) is 27.5 Å². The molecule has 3 N–H and O–H groups in total. The molecule has 0 bridgehead atoms. The zero-order chi connectivity index (χ0) is 15.0. The van der Waals surface area contributed by atoms with Gasteiger partial charge >= 0.3 is 0 Å². The number of hydrogen-bond donors (Lipinski definition) is 2. The summed E-state index contributed by atoms with van der Waals surface area (Å²) in [7, 11) is 0. The highest BCUT2D eigenvalue weighted by Gasteiger charge is 2.18. The van der Waals surface area contributed by atoms with Crippen LogP contribution in [0.25, 0.3) is 22.4 Å². The zero-order valence-electron chi connectivity index (χ0n) is 10.6. The Bertz CT molecular complexity index is 816. The van der Waals surface area contributed by atoms with Crippen LogP contribution in [0.4, 0.5) is 10.2 Å². The van der Waals surface area contributed by atoms with Crippen LogP contribution < -0.4 is 5.73 Å². The second-order valence-electron chi connectivity index (χ2n) is 4.34. The van der Waals surface area contributed by atoms with Crippen molar-refractivity contribution < 1.29 is 4.39 Å². The van der Waals surface area contributed by atoms with Gasteiger partial charge in [0.1, 0.15) is 0 Å². The highest BCUT2D eigenvalue weighted by Crippen LogP contribution is 2.37. The minimum atomic E-state index is -0.470. The molecule has 0 saturated carbocycles. The third-order valence-corrected chi connectivity index (χ3v) is 3.78. The maximum absolute atomic E-state index is 13.9. The molecule has 0 atom stereocenters. The van der Waals surface area contributed by atoms with Gasteiger partial charge in [0.25, 0.3) is 0 Å². The van der Waals surface area contributed by atoms with Crippen LogP contribution in [0.15, 0.2) is 36.7 Å². The summed E-state index contributed by atoms with van der Waals surface area (Å²) in [6, 6.07) is 6.60. The molecule has 2 aromatic heterocycles. The highest BCUT2D eigenvalue weighted by molar-refractivity contribution is 6.42. The van der Waals surface area contributed by atoms with E-state index in [1.165, 1.54) is 6.20 Å². The number of H-pyrrole nitrogens is 1. The van der Waals surface area contributed by atoms with Gasteiger partial charge in [-0.1, -0.05) is 29.3 Å². The molecular formula is C14H9Cl2FN4. The van der Waals surface area contributed by atoms with Gasteiger partial charge < -0.3 is 5.73 Å². The van der Waals surface area contributed by atoms with Crippen LogP contribution in [0.5, 0.6) is 0 Å². The van der Waals surface area contributed by atoms with Crippen LogP contribution in [-0.2, 0) is 0 Å². The predicted molar refractivity (Wildman–Crippen MR) is 81.6 cm³/mol. The molecule has 1 aromatic carbocycles. The third-order valence-electron chi connectivity index (χ3n) is 3.04. The Kier molecular flexibility index (Phi) is 3.53. The van der Waals surface area contributed by atoms with E-state index in [1.807, 2.05) is 0 Å². The molecule has 0 aliphatic heterocycles. The van der Waals surface area contributed by atoms with Crippen molar-refractivity contribution >= 4 is 29.0 Å². The van der Waals surface area contributed by atoms with E-state index in [0.717, 1.165) is 6.20 Å². The number of nitrogens with two attached hydrogens (primary N) is 1. The Morgan fingerprint density at radius 1 is 1.14 bits per heavy atom. The van der Waals surface area contributed by atoms with Crippen molar-refractivity contribution in [1.29, 1.82) is 0 Å². The van der Waals surface area contributed by atoms with Crippen molar-refractivity contribution in [1.82, 2.24) is 15.2 Å². The summed E-state index contributed by atoms with van der Waals surface area (Å²) < 4.78 is 13.9. The van der Waals surface area contributed by atoms with Gasteiger partial charge in [-0.15, -0.1) is 0 Å². The average molecular weight is 323 g/mol. The second kappa shape index (κ2) is 5.35. The number of anilines is 1. The van der Waals surface area contributed by atoms with E-state index in [4.69, 9.17) is 28.9 Å². The summed E-state index contributed by atoms with van der Waals surface area (Å²) in [6.45, 7) is 0. The first kappa shape index (κ1) is 13.9. The molecule has 0 unspecified atom stereocenters. The lowest BCUT2D eigenvalue weighted by Crippen LogP contribution is -1.91. The summed E-state index contributed by atoms with van der Waals surface area (Å²) in [5.41, 5.74) is 7.95. The lowest BCUT2D eigenvalue weighted by atomic mass is 10.0. The number of aromatic nitrogens is 3. The van der Waals surface area contributed by atoms with Gasteiger partial charge in [-0.3, -0.25) is 10.1 Å². The summed E-state index contributed by atoms with van der Waals surface area (Å²) in [5, 5.41) is 7.51. The average Bonchev–Trinajstić information content (AvgIpc) is 2.84. The first-order valence-electron chi connectivity index (χ1n) is 5.97. The molecule has 0 saturated heterocycles. The topological polar surface area (TPSA) is 67.6 Å². The number of hydrogen-bond acceptors (Lipinski definition) is 3. The Hall–Kier alpha value is -2.11. The maximum atomic E-state index is 13.9. The van der Waals surface area contributed by atoms with Crippen LogP contribution >= 0.6 is 23.2 Å². The molecule has 0 radical (unpaired) electrons. The van der Waals surface area contributed by atoms with Gasteiger partial charge in [-0.25, -0.2) is 4.39 Å². The number of benzene rings is 1. The number of rotatable bonds is 2. The van der Waals surface area contributed by atoms with E-state index in [0.29, 0.717) is 32.4 Å². The largest absolute Gasteiger partial charge is 0.382 e. The maximum Gasteiger partial charge on any atom is 0.153 e. The number of pyridine rings is 1.